The van der Waals surface area contributed by atoms with Crippen LogP contribution in [0.1, 0.15) is 52.0 Å². The molecular weight excluding hydrogens is 432 g/mol. The van der Waals surface area contributed by atoms with Crippen molar-refractivity contribution in [1.82, 2.24) is 15.0 Å². The Morgan fingerprint density at radius 1 is 0.794 bits per heavy atom. The first-order chi connectivity index (χ1) is 16.4. The van der Waals surface area contributed by atoms with Gasteiger partial charge in [-0.1, -0.05) is 57.9 Å². The molecule has 0 aliphatic heterocycles. The Kier molecular flexibility index (Phi) is 12.8. The van der Waals surface area contributed by atoms with Crippen LogP contribution in [0, 0.1) is 0 Å². The van der Waals surface area contributed by atoms with Gasteiger partial charge in [0.1, 0.15) is 0 Å². The topological polar surface area (TPSA) is 127 Å². The highest BCUT2D eigenvalue weighted by Gasteiger charge is 2.14. The molecule has 0 aliphatic carbocycles. The average Bonchev–Trinajstić information content (AvgIpc) is 2.82. The molecule has 0 saturated carbocycles. The van der Waals surface area contributed by atoms with Crippen LogP contribution in [0.15, 0.2) is 24.3 Å². The molecule has 1 heterocycles. The second kappa shape index (κ2) is 15.5. The van der Waals surface area contributed by atoms with Crippen molar-refractivity contribution < 1.29 is 14.6 Å². The molecule has 190 valence electrons. The molecule has 34 heavy (non-hydrogen) atoms. The Labute approximate surface area is 203 Å². The molecule has 2 aromatic rings. The van der Waals surface area contributed by atoms with Crippen molar-refractivity contribution in [2.45, 2.75) is 51.9 Å². The van der Waals surface area contributed by atoms with E-state index in [1.807, 2.05) is 0 Å². The molecule has 0 unspecified atom stereocenters. The zero-order chi connectivity index (χ0) is 24.7. The summed E-state index contributed by atoms with van der Waals surface area (Å²) < 4.78 is 10.9. The van der Waals surface area contributed by atoms with Gasteiger partial charge in [-0.2, -0.15) is 15.0 Å². The number of nitrogens with two attached hydrogens (primary N) is 1. The van der Waals surface area contributed by atoms with Crippen LogP contribution in [0.25, 0.3) is 11.4 Å². The number of aromatic nitrogens is 3. The fourth-order valence-corrected chi connectivity index (χ4v) is 3.21. The fourth-order valence-electron chi connectivity index (χ4n) is 3.21. The molecule has 0 radical (unpaired) electrons. The maximum atomic E-state index is 8.92. The number of ether oxygens (including phenoxy) is 2. The van der Waals surface area contributed by atoms with Gasteiger partial charge in [0.2, 0.25) is 11.9 Å². The minimum Gasteiger partial charge on any atom is -0.396 e. The van der Waals surface area contributed by atoms with Gasteiger partial charge < -0.3 is 30.9 Å². The lowest BCUT2D eigenvalue weighted by atomic mass is 9.87. The average molecular weight is 475 g/mol. The van der Waals surface area contributed by atoms with Gasteiger partial charge in [0, 0.05) is 31.8 Å². The number of nitrogens with one attached hydrogen (secondary N) is 2. The van der Waals surface area contributed by atoms with E-state index in [4.69, 9.17) is 20.3 Å². The Bertz CT molecular complexity index is 811. The van der Waals surface area contributed by atoms with Crippen LogP contribution < -0.4 is 16.4 Å². The SMILES string of the molecule is CC(C)(C)c1ccc(-c2nc(NCCCCCCO)nc(NCCOCCOCCN)n2)cc1. The van der Waals surface area contributed by atoms with Crippen LogP contribution in [0.2, 0.25) is 0 Å². The monoisotopic (exact) mass is 474 g/mol. The Morgan fingerprint density at radius 2 is 1.41 bits per heavy atom. The van der Waals surface area contributed by atoms with E-state index in [2.05, 4.69) is 70.6 Å². The van der Waals surface area contributed by atoms with Crippen molar-refractivity contribution in [2.24, 2.45) is 5.73 Å². The maximum absolute atomic E-state index is 8.92. The third-order valence-corrected chi connectivity index (χ3v) is 5.18. The van der Waals surface area contributed by atoms with Gasteiger partial charge in [0.25, 0.3) is 0 Å². The van der Waals surface area contributed by atoms with E-state index < -0.39 is 0 Å². The van der Waals surface area contributed by atoms with E-state index in [0.717, 1.165) is 37.8 Å². The van der Waals surface area contributed by atoms with E-state index in [9.17, 15) is 0 Å². The Morgan fingerprint density at radius 3 is 2.03 bits per heavy atom. The third kappa shape index (κ3) is 10.7. The van der Waals surface area contributed by atoms with Crippen LogP contribution in [0.5, 0.6) is 0 Å². The number of nitrogens with zero attached hydrogens (tertiary/aromatic N) is 3. The van der Waals surface area contributed by atoms with Gasteiger partial charge in [-0.15, -0.1) is 0 Å². The summed E-state index contributed by atoms with van der Waals surface area (Å²) in [7, 11) is 0. The lowest BCUT2D eigenvalue weighted by Crippen LogP contribution is -2.17. The quantitative estimate of drug-likeness (QED) is 0.256. The highest BCUT2D eigenvalue weighted by Crippen LogP contribution is 2.25. The highest BCUT2D eigenvalue weighted by molar-refractivity contribution is 5.58. The van der Waals surface area contributed by atoms with E-state index in [0.29, 0.717) is 57.2 Å². The summed E-state index contributed by atoms with van der Waals surface area (Å²) in [6, 6.07) is 8.37. The number of hydrogen-bond donors (Lipinski definition) is 4. The number of hydrogen-bond acceptors (Lipinski definition) is 9. The van der Waals surface area contributed by atoms with Gasteiger partial charge in [-0.25, -0.2) is 0 Å². The fraction of sp³-hybridized carbons (Fsp3) is 0.640. The number of benzene rings is 1. The molecule has 2 rings (SSSR count). The van der Waals surface area contributed by atoms with Crippen molar-refractivity contribution in [3.63, 3.8) is 0 Å². The zero-order valence-corrected chi connectivity index (χ0v) is 21.0. The first kappa shape index (κ1) is 27.9. The number of aliphatic hydroxyl groups excluding tert-OH is 1. The summed E-state index contributed by atoms with van der Waals surface area (Å²) in [4.78, 5) is 13.8. The molecule has 0 saturated heterocycles. The molecule has 0 aliphatic rings. The van der Waals surface area contributed by atoms with Crippen molar-refractivity contribution in [3.05, 3.63) is 29.8 Å². The maximum Gasteiger partial charge on any atom is 0.228 e. The Balaban J connectivity index is 2.00. The van der Waals surface area contributed by atoms with Crippen LogP contribution in [0.4, 0.5) is 11.9 Å². The van der Waals surface area contributed by atoms with Gasteiger partial charge in [0.05, 0.1) is 26.4 Å². The van der Waals surface area contributed by atoms with E-state index >= 15 is 0 Å². The summed E-state index contributed by atoms with van der Waals surface area (Å²) in [5.74, 6) is 1.68. The smallest absolute Gasteiger partial charge is 0.228 e. The number of anilines is 2. The standard InChI is InChI=1S/C25H42N6O3/c1-25(2,3)21-10-8-20(9-11-21)22-29-23(27-13-6-4-5-7-15-32)31-24(30-22)28-14-17-34-19-18-33-16-12-26/h8-11,32H,4-7,12-19,26H2,1-3H3,(H2,27,28,29,30,31). The molecule has 0 spiro atoms. The first-order valence-electron chi connectivity index (χ1n) is 12.2. The number of unbranched alkanes of at least 4 members (excludes halogenated alkanes) is 3. The van der Waals surface area contributed by atoms with Gasteiger partial charge >= 0.3 is 0 Å². The van der Waals surface area contributed by atoms with Crippen LogP contribution in [-0.4, -0.2) is 72.7 Å². The second-order valence-electron chi connectivity index (χ2n) is 9.14. The molecule has 1 aromatic heterocycles. The highest BCUT2D eigenvalue weighted by atomic mass is 16.5. The predicted octanol–water partition coefficient (Wildman–Crippen LogP) is 3.20. The summed E-state index contributed by atoms with van der Waals surface area (Å²) in [6.07, 6.45) is 3.90. The van der Waals surface area contributed by atoms with Crippen LogP contribution in [0.3, 0.4) is 0 Å². The largest absolute Gasteiger partial charge is 0.396 e. The van der Waals surface area contributed by atoms with Crippen molar-refractivity contribution in [3.8, 4) is 11.4 Å². The zero-order valence-electron chi connectivity index (χ0n) is 21.0. The summed E-state index contributed by atoms with van der Waals surface area (Å²) in [5, 5.41) is 15.5. The molecule has 0 fully saturated rings. The molecule has 0 atom stereocenters. The third-order valence-electron chi connectivity index (χ3n) is 5.18. The van der Waals surface area contributed by atoms with Crippen molar-refractivity contribution >= 4 is 11.9 Å². The molecule has 9 heteroatoms. The second-order valence-corrected chi connectivity index (χ2v) is 9.14. The minimum absolute atomic E-state index is 0.0858. The van der Waals surface area contributed by atoms with Crippen molar-refractivity contribution in [2.75, 3.05) is 63.3 Å². The summed E-state index contributed by atoms with van der Waals surface area (Å²) >= 11 is 0. The van der Waals surface area contributed by atoms with Gasteiger partial charge in [-0.05, 0) is 23.8 Å². The number of aliphatic hydroxyl groups is 1. The van der Waals surface area contributed by atoms with E-state index in [1.165, 1.54) is 5.56 Å². The van der Waals surface area contributed by atoms with Gasteiger partial charge in [0.15, 0.2) is 5.82 Å². The number of rotatable bonds is 17. The first-order valence-corrected chi connectivity index (χ1v) is 12.2. The summed E-state index contributed by atoms with van der Waals surface area (Å²) in [5.41, 5.74) is 7.69. The predicted molar refractivity (Wildman–Crippen MR) is 137 cm³/mol. The Hall–Kier alpha value is -2.33. The van der Waals surface area contributed by atoms with Crippen LogP contribution in [-0.2, 0) is 14.9 Å². The lowest BCUT2D eigenvalue weighted by Gasteiger charge is -2.19. The molecule has 1 aromatic carbocycles. The molecule has 0 amide bonds. The van der Waals surface area contributed by atoms with Gasteiger partial charge in [-0.3, -0.25) is 0 Å². The molecule has 9 nitrogen and oxygen atoms in total. The summed E-state index contributed by atoms with van der Waals surface area (Å²) in [6.45, 7) is 10.8. The molecule has 0 bridgehead atoms. The van der Waals surface area contributed by atoms with E-state index in [-0.39, 0.29) is 12.0 Å². The van der Waals surface area contributed by atoms with Crippen LogP contribution >= 0.6 is 0 Å². The lowest BCUT2D eigenvalue weighted by molar-refractivity contribution is 0.0547. The van der Waals surface area contributed by atoms with Crippen molar-refractivity contribution in [1.29, 1.82) is 0 Å². The molecular formula is C25H42N6O3. The minimum atomic E-state index is 0.0858. The normalized spacial score (nSPS) is 11.6. The molecule has 5 N–H and O–H groups in total. The van der Waals surface area contributed by atoms with E-state index in [1.54, 1.807) is 0 Å².